The molecule has 1 saturated heterocycles. The Hall–Kier alpha value is -1.98. The highest BCUT2D eigenvalue weighted by molar-refractivity contribution is 7.99. The molecule has 0 unspecified atom stereocenters. The van der Waals surface area contributed by atoms with Gasteiger partial charge in [-0.05, 0) is 17.7 Å². The van der Waals surface area contributed by atoms with Gasteiger partial charge in [-0.2, -0.15) is 0 Å². The molecule has 1 N–H and O–H groups in total. The molecule has 2 atom stereocenters. The maximum atomic E-state index is 12.0. The summed E-state index contributed by atoms with van der Waals surface area (Å²) in [7, 11) is 0. The van der Waals surface area contributed by atoms with Crippen molar-refractivity contribution in [3.8, 4) is 0 Å². The number of ether oxygens (including phenoxy) is 2. The molecule has 0 saturated carbocycles. The fourth-order valence-electron chi connectivity index (χ4n) is 2.15. The molecule has 0 aromatic heterocycles. The summed E-state index contributed by atoms with van der Waals surface area (Å²) in [6, 6.07) is 19.7. The van der Waals surface area contributed by atoms with Crippen molar-refractivity contribution in [3.63, 3.8) is 0 Å². The number of hydrogen-bond donors (Lipinski definition) is 1. The summed E-state index contributed by atoms with van der Waals surface area (Å²) < 4.78 is 10.6. The van der Waals surface area contributed by atoms with E-state index in [9.17, 15) is 4.79 Å². The number of carbonyl (C=O) groups excluding carboxylic acids is 1. The lowest BCUT2D eigenvalue weighted by Gasteiger charge is -2.16. The summed E-state index contributed by atoms with van der Waals surface area (Å²) in [4.78, 5) is 13.2. The Labute approximate surface area is 140 Å². The molecule has 0 spiro atoms. The molecule has 23 heavy (non-hydrogen) atoms. The van der Waals surface area contributed by atoms with Crippen LogP contribution in [0.4, 0.5) is 4.79 Å². The van der Waals surface area contributed by atoms with E-state index in [1.165, 1.54) is 4.90 Å². The summed E-state index contributed by atoms with van der Waals surface area (Å²) in [6.07, 6.45) is -0.307. The van der Waals surface area contributed by atoms with Crippen LogP contribution >= 0.6 is 11.8 Å². The monoisotopic (exact) mass is 329 g/mol. The molecule has 0 bridgehead atoms. The summed E-state index contributed by atoms with van der Waals surface area (Å²) >= 11 is 1.70. The van der Waals surface area contributed by atoms with Crippen molar-refractivity contribution in [1.29, 1.82) is 0 Å². The van der Waals surface area contributed by atoms with E-state index in [2.05, 4.69) is 17.4 Å². The average Bonchev–Trinajstić information content (AvgIpc) is 3.43. The topological polar surface area (TPSA) is 50.9 Å². The Morgan fingerprint density at radius 1 is 1.17 bits per heavy atom. The summed E-state index contributed by atoms with van der Waals surface area (Å²) in [5, 5.41) is 2.91. The van der Waals surface area contributed by atoms with Gasteiger partial charge < -0.3 is 14.8 Å². The van der Waals surface area contributed by atoms with E-state index >= 15 is 0 Å². The smallest absolute Gasteiger partial charge is 0.407 e. The highest BCUT2D eigenvalue weighted by Crippen LogP contribution is 2.23. The van der Waals surface area contributed by atoms with Gasteiger partial charge in [0.2, 0.25) is 0 Å². The van der Waals surface area contributed by atoms with Crippen LogP contribution in [0.15, 0.2) is 65.6 Å². The van der Waals surface area contributed by atoms with E-state index in [0.717, 1.165) is 11.3 Å². The van der Waals surface area contributed by atoms with Crippen LogP contribution in [0.3, 0.4) is 0 Å². The van der Waals surface area contributed by atoms with E-state index in [1.807, 2.05) is 48.5 Å². The lowest BCUT2D eigenvalue weighted by atomic mass is 10.2. The lowest BCUT2D eigenvalue weighted by molar-refractivity contribution is 0.134. The zero-order valence-corrected chi connectivity index (χ0v) is 13.5. The van der Waals surface area contributed by atoms with Gasteiger partial charge in [0.15, 0.2) is 0 Å². The number of thioether (sulfide) groups is 1. The SMILES string of the molecule is O=C(N[C@@H](CSc1ccccc1)[C@@H]1CO1)OCc1ccccc1. The number of alkyl carbamates (subject to hydrolysis) is 1. The zero-order valence-electron chi connectivity index (χ0n) is 12.7. The first-order valence-corrected chi connectivity index (χ1v) is 8.56. The van der Waals surface area contributed by atoms with Gasteiger partial charge >= 0.3 is 6.09 Å². The van der Waals surface area contributed by atoms with Crippen LogP contribution in [0.25, 0.3) is 0 Å². The number of hydrogen-bond acceptors (Lipinski definition) is 4. The molecule has 2 aromatic rings. The molecule has 1 amide bonds. The Balaban J connectivity index is 1.46. The van der Waals surface area contributed by atoms with Crippen LogP contribution in [0.1, 0.15) is 5.56 Å². The number of epoxide rings is 1. The molecule has 0 radical (unpaired) electrons. The normalized spacial score (nSPS) is 17.3. The number of carbonyl (C=O) groups is 1. The average molecular weight is 329 g/mol. The van der Waals surface area contributed by atoms with Crippen LogP contribution < -0.4 is 5.32 Å². The molecule has 1 heterocycles. The minimum atomic E-state index is -0.400. The summed E-state index contributed by atoms with van der Waals surface area (Å²) in [6.45, 7) is 0.968. The van der Waals surface area contributed by atoms with E-state index in [1.54, 1.807) is 11.8 Å². The van der Waals surface area contributed by atoms with E-state index in [0.29, 0.717) is 6.61 Å². The van der Waals surface area contributed by atoms with Crippen molar-refractivity contribution in [2.75, 3.05) is 12.4 Å². The van der Waals surface area contributed by atoms with Gasteiger partial charge in [0.25, 0.3) is 0 Å². The van der Waals surface area contributed by atoms with Crippen molar-refractivity contribution >= 4 is 17.9 Å². The molecule has 4 nitrogen and oxygen atoms in total. The molecular formula is C18H19NO3S. The Morgan fingerprint density at radius 2 is 1.83 bits per heavy atom. The van der Waals surface area contributed by atoms with Crippen molar-refractivity contribution < 1.29 is 14.3 Å². The molecule has 5 heteroatoms. The molecule has 2 aromatic carbocycles. The fraction of sp³-hybridized carbons (Fsp3) is 0.278. The number of nitrogens with one attached hydrogen (secondary N) is 1. The van der Waals surface area contributed by atoms with Gasteiger partial charge in [-0.1, -0.05) is 48.5 Å². The van der Waals surface area contributed by atoms with Crippen molar-refractivity contribution in [3.05, 3.63) is 66.2 Å². The molecule has 120 valence electrons. The third-order valence-electron chi connectivity index (χ3n) is 3.50. The molecular weight excluding hydrogens is 310 g/mol. The van der Waals surface area contributed by atoms with E-state index in [-0.39, 0.29) is 18.8 Å². The van der Waals surface area contributed by atoms with Gasteiger partial charge in [0.1, 0.15) is 12.7 Å². The second-order valence-electron chi connectivity index (χ2n) is 5.31. The van der Waals surface area contributed by atoms with E-state index < -0.39 is 6.09 Å². The first kappa shape index (κ1) is 15.9. The standard InChI is InChI=1S/C18H19NO3S/c20-18(22-11-14-7-3-1-4-8-14)19-16(17-12-21-17)13-23-15-9-5-2-6-10-15/h1-10,16-17H,11-13H2,(H,19,20)/t16-,17-/m0/s1. The van der Waals surface area contributed by atoms with Crippen LogP contribution in [0.2, 0.25) is 0 Å². The second-order valence-corrected chi connectivity index (χ2v) is 6.40. The number of rotatable bonds is 7. The molecule has 1 aliphatic heterocycles. The Kier molecular flexibility index (Phi) is 5.56. The van der Waals surface area contributed by atoms with Gasteiger partial charge in [-0.25, -0.2) is 4.79 Å². The minimum Gasteiger partial charge on any atom is -0.445 e. The largest absolute Gasteiger partial charge is 0.445 e. The van der Waals surface area contributed by atoms with Crippen LogP contribution in [-0.4, -0.2) is 30.6 Å². The van der Waals surface area contributed by atoms with Gasteiger partial charge in [-0.3, -0.25) is 0 Å². The van der Waals surface area contributed by atoms with E-state index in [4.69, 9.17) is 9.47 Å². The summed E-state index contributed by atoms with van der Waals surface area (Å²) in [5.74, 6) is 0.759. The highest BCUT2D eigenvalue weighted by Gasteiger charge is 2.34. The predicted octanol–water partition coefficient (Wildman–Crippen LogP) is 3.47. The molecule has 3 rings (SSSR count). The van der Waals surface area contributed by atoms with Gasteiger partial charge in [0, 0.05) is 10.6 Å². The number of benzene rings is 2. The molecule has 1 fully saturated rings. The third-order valence-corrected chi connectivity index (χ3v) is 4.63. The Bertz CT molecular complexity index is 617. The highest BCUT2D eigenvalue weighted by atomic mass is 32.2. The van der Waals surface area contributed by atoms with Crippen LogP contribution in [0, 0.1) is 0 Å². The van der Waals surface area contributed by atoms with Crippen LogP contribution in [-0.2, 0) is 16.1 Å². The maximum Gasteiger partial charge on any atom is 0.407 e. The third kappa shape index (κ3) is 5.30. The molecule has 1 aliphatic rings. The maximum absolute atomic E-state index is 12.0. The minimum absolute atomic E-state index is 0.0384. The fourth-order valence-corrected chi connectivity index (χ4v) is 3.17. The lowest BCUT2D eigenvalue weighted by Crippen LogP contribution is -2.40. The van der Waals surface area contributed by atoms with Crippen LogP contribution in [0.5, 0.6) is 0 Å². The first-order valence-electron chi connectivity index (χ1n) is 7.58. The predicted molar refractivity (Wildman–Crippen MR) is 90.5 cm³/mol. The quantitative estimate of drug-likeness (QED) is 0.624. The van der Waals surface area contributed by atoms with Crippen molar-refractivity contribution in [2.24, 2.45) is 0 Å². The second kappa shape index (κ2) is 8.04. The van der Waals surface area contributed by atoms with Crippen molar-refractivity contribution in [2.45, 2.75) is 23.6 Å². The first-order chi connectivity index (χ1) is 11.3. The van der Waals surface area contributed by atoms with Crippen molar-refractivity contribution in [1.82, 2.24) is 5.32 Å². The number of amides is 1. The van der Waals surface area contributed by atoms with Gasteiger partial charge in [0.05, 0.1) is 12.6 Å². The summed E-state index contributed by atoms with van der Waals surface area (Å²) in [5.41, 5.74) is 0.973. The zero-order chi connectivity index (χ0) is 15.9. The van der Waals surface area contributed by atoms with Gasteiger partial charge in [-0.15, -0.1) is 11.8 Å². The molecule has 0 aliphatic carbocycles. The Morgan fingerprint density at radius 3 is 2.48 bits per heavy atom.